The molecule has 6 nitrogen and oxygen atoms in total. The Bertz CT molecular complexity index is 565. The average molecular weight is 286 g/mol. The van der Waals surface area contributed by atoms with E-state index in [2.05, 4.69) is 4.74 Å². The molecule has 20 heavy (non-hydrogen) atoms. The molecule has 108 valence electrons. The molecule has 1 aromatic rings. The van der Waals surface area contributed by atoms with Gasteiger partial charge in [-0.25, -0.2) is 9.18 Å². The third-order valence-corrected chi connectivity index (χ3v) is 3.23. The van der Waals surface area contributed by atoms with E-state index in [1.165, 1.54) is 12.0 Å². The summed E-state index contributed by atoms with van der Waals surface area (Å²) in [7, 11) is 1.19. The summed E-state index contributed by atoms with van der Waals surface area (Å²) in [6.07, 6.45) is 0.997. The van der Waals surface area contributed by atoms with E-state index in [0.717, 1.165) is 6.07 Å². The minimum atomic E-state index is -1.26. The molecule has 0 aliphatic carbocycles. The van der Waals surface area contributed by atoms with E-state index in [4.69, 9.17) is 0 Å². The molecule has 0 amide bonds. The van der Waals surface area contributed by atoms with Gasteiger partial charge in [0.05, 0.1) is 12.0 Å². The van der Waals surface area contributed by atoms with Gasteiger partial charge in [-0.1, -0.05) is 0 Å². The van der Waals surface area contributed by atoms with Crippen LogP contribution in [0.1, 0.15) is 12.8 Å². The number of carbonyl (C=O) groups excluding carboxylic acids is 1. The van der Waals surface area contributed by atoms with Gasteiger partial charge in [0.2, 0.25) is 5.82 Å². The zero-order valence-corrected chi connectivity index (χ0v) is 10.6. The zero-order valence-electron chi connectivity index (χ0n) is 10.6. The number of hydrogen-bond acceptors (Lipinski definition) is 5. The molecule has 1 aromatic carbocycles. The summed E-state index contributed by atoms with van der Waals surface area (Å²) in [5.41, 5.74) is -1.07. The maximum Gasteiger partial charge on any atom is 0.328 e. The van der Waals surface area contributed by atoms with Crippen molar-refractivity contribution in [3.05, 3.63) is 33.9 Å². The number of nitrogens with zero attached hydrogens (tertiary/aromatic N) is 2. The van der Waals surface area contributed by atoms with E-state index in [0.29, 0.717) is 25.5 Å². The minimum absolute atomic E-state index is 0.236. The van der Waals surface area contributed by atoms with E-state index < -0.39 is 34.3 Å². The van der Waals surface area contributed by atoms with Crippen molar-refractivity contribution in [2.45, 2.75) is 18.9 Å². The normalized spacial score (nSPS) is 18.1. The standard InChI is InChI=1S/C12H12F2N2O4/c1-20-12(17)9-3-2-4-15(9)10-6-7(13)5-8(14)11(10)16(18)19/h5-6,9H,2-4H2,1H3. The van der Waals surface area contributed by atoms with Crippen LogP contribution in [0.4, 0.5) is 20.2 Å². The average Bonchev–Trinajstić information content (AvgIpc) is 2.85. The van der Waals surface area contributed by atoms with Crippen molar-refractivity contribution in [3.8, 4) is 0 Å². The number of halogens is 2. The van der Waals surface area contributed by atoms with Gasteiger partial charge >= 0.3 is 11.7 Å². The highest BCUT2D eigenvalue weighted by Crippen LogP contribution is 2.36. The lowest BCUT2D eigenvalue weighted by Crippen LogP contribution is -2.37. The molecule has 8 heteroatoms. The lowest BCUT2D eigenvalue weighted by Gasteiger charge is -2.24. The molecule has 0 aromatic heterocycles. The number of ether oxygens (including phenoxy) is 1. The van der Waals surface area contributed by atoms with Gasteiger partial charge in [0.15, 0.2) is 0 Å². The maximum absolute atomic E-state index is 13.6. The van der Waals surface area contributed by atoms with Gasteiger partial charge < -0.3 is 9.64 Å². The van der Waals surface area contributed by atoms with Crippen LogP contribution in [-0.4, -0.2) is 30.6 Å². The van der Waals surface area contributed by atoms with Crippen molar-refractivity contribution >= 4 is 17.3 Å². The third kappa shape index (κ3) is 2.40. The van der Waals surface area contributed by atoms with Gasteiger partial charge in [0.25, 0.3) is 0 Å². The van der Waals surface area contributed by atoms with Gasteiger partial charge in [0.1, 0.15) is 17.5 Å². The van der Waals surface area contributed by atoms with E-state index in [-0.39, 0.29) is 5.69 Å². The fourth-order valence-corrected chi connectivity index (χ4v) is 2.39. The summed E-state index contributed by atoms with van der Waals surface area (Å²) >= 11 is 0. The zero-order chi connectivity index (χ0) is 14.9. The molecule has 1 atom stereocenters. The first-order chi connectivity index (χ1) is 9.45. The minimum Gasteiger partial charge on any atom is -0.467 e. The highest BCUT2D eigenvalue weighted by Gasteiger charge is 2.36. The molecule has 1 heterocycles. The van der Waals surface area contributed by atoms with Crippen molar-refractivity contribution in [2.24, 2.45) is 0 Å². The summed E-state index contributed by atoms with van der Waals surface area (Å²) in [6.45, 7) is 0.295. The molecule has 0 bridgehead atoms. The Hall–Kier alpha value is -2.25. The van der Waals surface area contributed by atoms with Crippen LogP contribution in [0, 0.1) is 21.7 Å². The van der Waals surface area contributed by atoms with Gasteiger partial charge in [-0.3, -0.25) is 10.1 Å². The molecule has 1 saturated heterocycles. The highest BCUT2D eigenvalue weighted by molar-refractivity contribution is 5.82. The first kappa shape index (κ1) is 14.2. The fraction of sp³-hybridized carbons (Fsp3) is 0.417. The molecule has 1 aliphatic rings. The molecule has 0 saturated carbocycles. The Balaban J connectivity index is 2.51. The molecule has 0 spiro atoms. The number of carbonyl (C=O) groups is 1. The van der Waals surface area contributed by atoms with Crippen LogP contribution in [-0.2, 0) is 9.53 Å². The van der Waals surface area contributed by atoms with Crippen molar-refractivity contribution < 1.29 is 23.2 Å². The summed E-state index contributed by atoms with van der Waals surface area (Å²) in [6, 6.07) is 0.549. The van der Waals surface area contributed by atoms with E-state index in [1.54, 1.807) is 0 Å². The summed E-state index contributed by atoms with van der Waals surface area (Å²) in [5.74, 6) is -2.78. The number of benzene rings is 1. The fourth-order valence-electron chi connectivity index (χ4n) is 2.39. The predicted molar refractivity (Wildman–Crippen MR) is 65.4 cm³/mol. The van der Waals surface area contributed by atoms with Crippen LogP contribution in [0.5, 0.6) is 0 Å². The molecular weight excluding hydrogens is 274 g/mol. The Kier molecular flexibility index (Phi) is 3.82. The quantitative estimate of drug-likeness (QED) is 0.483. The number of methoxy groups -OCH3 is 1. The summed E-state index contributed by atoms with van der Waals surface area (Å²) < 4.78 is 31.5. The van der Waals surface area contributed by atoms with Gasteiger partial charge in [-0.15, -0.1) is 0 Å². The van der Waals surface area contributed by atoms with Crippen molar-refractivity contribution in [1.82, 2.24) is 0 Å². The molecule has 1 unspecified atom stereocenters. The lowest BCUT2D eigenvalue weighted by atomic mass is 10.2. The monoisotopic (exact) mass is 286 g/mol. The molecule has 0 radical (unpaired) electrons. The first-order valence-electron chi connectivity index (χ1n) is 5.93. The van der Waals surface area contributed by atoms with Crippen LogP contribution in [0.2, 0.25) is 0 Å². The molecular formula is C12H12F2N2O4. The summed E-state index contributed by atoms with van der Waals surface area (Å²) in [4.78, 5) is 23.0. The number of hydrogen-bond donors (Lipinski definition) is 0. The number of anilines is 1. The topological polar surface area (TPSA) is 72.7 Å². The number of nitro groups is 1. The van der Waals surface area contributed by atoms with Crippen LogP contribution in [0.25, 0.3) is 0 Å². The van der Waals surface area contributed by atoms with E-state index >= 15 is 0 Å². The second-order valence-electron chi connectivity index (χ2n) is 4.39. The Morgan fingerprint density at radius 1 is 1.50 bits per heavy atom. The van der Waals surface area contributed by atoms with Crippen molar-refractivity contribution in [3.63, 3.8) is 0 Å². The third-order valence-electron chi connectivity index (χ3n) is 3.23. The second-order valence-corrected chi connectivity index (χ2v) is 4.39. The molecule has 0 N–H and O–H groups in total. The number of nitro benzene ring substituents is 1. The number of esters is 1. The van der Waals surface area contributed by atoms with Crippen LogP contribution < -0.4 is 4.90 Å². The van der Waals surface area contributed by atoms with Crippen molar-refractivity contribution in [1.29, 1.82) is 0 Å². The van der Waals surface area contributed by atoms with Crippen LogP contribution >= 0.6 is 0 Å². The maximum atomic E-state index is 13.6. The predicted octanol–water partition coefficient (Wildman–Crippen LogP) is 2.01. The Morgan fingerprint density at radius 3 is 2.80 bits per heavy atom. The first-order valence-corrected chi connectivity index (χ1v) is 5.93. The molecule has 1 aliphatic heterocycles. The second kappa shape index (κ2) is 5.40. The van der Waals surface area contributed by atoms with Crippen LogP contribution in [0.3, 0.4) is 0 Å². The van der Waals surface area contributed by atoms with Crippen molar-refractivity contribution in [2.75, 3.05) is 18.6 Å². The smallest absolute Gasteiger partial charge is 0.328 e. The SMILES string of the molecule is COC(=O)C1CCCN1c1cc(F)cc(F)c1[N+](=O)[O-]. The largest absolute Gasteiger partial charge is 0.467 e. The highest BCUT2D eigenvalue weighted by atomic mass is 19.1. The Labute approximate surface area is 113 Å². The van der Waals surface area contributed by atoms with Crippen LogP contribution in [0.15, 0.2) is 12.1 Å². The van der Waals surface area contributed by atoms with Gasteiger partial charge in [0, 0.05) is 18.7 Å². The lowest BCUT2D eigenvalue weighted by molar-refractivity contribution is -0.386. The van der Waals surface area contributed by atoms with E-state index in [9.17, 15) is 23.7 Å². The van der Waals surface area contributed by atoms with E-state index in [1.807, 2.05) is 0 Å². The van der Waals surface area contributed by atoms with Gasteiger partial charge in [-0.05, 0) is 12.8 Å². The molecule has 1 fully saturated rings. The Morgan fingerprint density at radius 2 is 2.20 bits per heavy atom. The molecule has 2 rings (SSSR count). The number of rotatable bonds is 3. The summed E-state index contributed by atoms with van der Waals surface area (Å²) in [5, 5.41) is 11.0. The van der Waals surface area contributed by atoms with Gasteiger partial charge in [-0.2, -0.15) is 4.39 Å².